The van der Waals surface area contributed by atoms with Crippen molar-refractivity contribution in [1.29, 1.82) is 0 Å². The number of guanidine groups is 1. The molecule has 120 valence electrons. The molecule has 1 aliphatic heterocycles. The highest BCUT2D eigenvalue weighted by Crippen LogP contribution is 2.29. The molecule has 0 bridgehead atoms. The second kappa shape index (κ2) is 6.59. The molecule has 1 aromatic rings. The lowest BCUT2D eigenvalue weighted by Crippen LogP contribution is -2.40. The van der Waals surface area contributed by atoms with Crippen molar-refractivity contribution < 1.29 is 0 Å². The molecule has 1 saturated heterocycles. The molecule has 0 aromatic heterocycles. The first-order valence-corrected chi connectivity index (χ1v) is 8.52. The predicted octanol–water partition coefficient (Wildman–Crippen LogP) is 2.92. The van der Waals surface area contributed by atoms with Gasteiger partial charge >= 0.3 is 0 Å². The normalized spacial score (nSPS) is 26.0. The Hall–Kier alpha value is -1.71. The number of hydrogen-bond donors (Lipinski definition) is 2. The summed E-state index contributed by atoms with van der Waals surface area (Å²) in [5.74, 6) is 1.68. The molecule has 1 saturated carbocycles. The third-order valence-corrected chi connectivity index (χ3v) is 4.85. The third kappa shape index (κ3) is 3.54. The van der Waals surface area contributed by atoms with Gasteiger partial charge in [-0.15, -0.1) is 0 Å². The lowest BCUT2D eigenvalue weighted by Gasteiger charge is -2.22. The quantitative estimate of drug-likeness (QED) is 0.663. The molecule has 2 fully saturated rings. The predicted molar refractivity (Wildman–Crippen MR) is 93.5 cm³/mol. The number of nitrogens with one attached hydrogen (secondary N) is 2. The van der Waals surface area contributed by atoms with E-state index >= 15 is 0 Å². The van der Waals surface area contributed by atoms with Gasteiger partial charge in [-0.1, -0.05) is 19.1 Å². The van der Waals surface area contributed by atoms with Crippen molar-refractivity contribution in [3.8, 4) is 0 Å². The minimum Gasteiger partial charge on any atom is -0.372 e. The highest BCUT2D eigenvalue weighted by molar-refractivity contribution is 5.80. The molecular weight excluding hydrogens is 272 g/mol. The van der Waals surface area contributed by atoms with Crippen molar-refractivity contribution in [1.82, 2.24) is 10.6 Å². The maximum Gasteiger partial charge on any atom is 0.191 e. The first kappa shape index (κ1) is 15.2. The van der Waals surface area contributed by atoms with Crippen LogP contribution >= 0.6 is 0 Å². The van der Waals surface area contributed by atoms with E-state index in [-0.39, 0.29) is 6.04 Å². The largest absolute Gasteiger partial charge is 0.372 e. The zero-order valence-corrected chi connectivity index (χ0v) is 14.0. The van der Waals surface area contributed by atoms with Crippen LogP contribution in [0.4, 0.5) is 5.69 Å². The highest BCUT2D eigenvalue weighted by atomic mass is 15.2. The number of rotatable bonds is 4. The number of benzene rings is 1. The molecule has 2 aliphatic rings. The Bertz CT molecular complexity index is 534. The van der Waals surface area contributed by atoms with Crippen molar-refractivity contribution in [2.45, 2.75) is 45.2 Å². The van der Waals surface area contributed by atoms with Crippen molar-refractivity contribution in [3.05, 3.63) is 29.8 Å². The van der Waals surface area contributed by atoms with Gasteiger partial charge in [0.25, 0.3) is 0 Å². The summed E-state index contributed by atoms with van der Waals surface area (Å²) in [4.78, 5) is 6.83. The van der Waals surface area contributed by atoms with Gasteiger partial charge in [-0.25, -0.2) is 0 Å². The van der Waals surface area contributed by atoms with Gasteiger partial charge in [-0.3, -0.25) is 4.99 Å². The summed E-state index contributed by atoms with van der Waals surface area (Å²) in [6, 6.07) is 9.75. The molecule has 4 heteroatoms. The van der Waals surface area contributed by atoms with Gasteiger partial charge in [0.05, 0.1) is 6.04 Å². The summed E-state index contributed by atoms with van der Waals surface area (Å²) in [6.07, 6.45) is 3.88. The van der Waals surface area contributed by atoms with Crippen LogP contribution in [0.5, 0.6) is 0 Å². The minimum absolute atomic E-state index is 0.253. The second-order valence-electron chi connectivity index (χ2n) is 6.69. The fraction of sp³-hybridized carbons (Fsp3) is 0.611. The molecule has 1 aliphatic carbocycles. The van der Waals surface area contributed by atoms with E-state index in [4.69, 9.17) is 0 Å². The van der Waals surface area contributed by atoms with Crippen LogP contribution in [0.1, 0.15) is 44.7 Å². The average Bonchev–Trinajstić information content (AvgIpc) is 3.02. The van der Waals surface area contributed by atoms with E-state index in [2.05, 4.69) is 58.6 Å². The molecule has 0 spiro atoms. The molecule has 22 heavy (non-hydrogen) atoms. The van der Waals surface area contributed by atoms with Gasteiger partial charge in [0.2, 0.25) is 0 Å². The maximum atomic E-state index is 4.35. The standard InChI is InChI=1S/C18H28N4/c1-13-11-17(13)21-18(19-3)20-14(2)15-7-6-8-16(12-15)22-9-4-5-10-22/h6-8,12-14,17H,4-5,9-11H2,1-3H3,(H2,19,20,21). The summed E-state index contributed by atoms with van der Waals surface area (Å²) in [5, 5.41) is 7.00. The van der Waals surface area contributed by atoms with E-state index in [1.54, 1.807) is 0 Å². The average molecular weight is 300 g/mol. The first-order chi connectivity index (χ1) is 10.7. The van der Waals surface area contributed by atoms with E-state index < -0.39 is 0 Å². The van der Waals surface area contributed by atoms with Crippen LogP contribution in [-0.2, 0) is 0 Å². The van der Waals surface area contributed by atoms with Crippen LogP contribution in [-0.4, -0.2) is 32.1 Å². The van der Waals surface area contributed by atoms with Crippen LogP contribution in [0.2, 0.25) is 0 Å². The van der Waals surface area contributed by atoms with Gasteiger partial charge in [-0.05, 0) is 49.8 Å². The number of nitrogens with zero attached hydrogens (tertiary/aromatic N) is 2. The second-order valence-corrected chi connectivity index (χ2v) is 6.69. The summed E-state index contributed by atoms with van der Waals surface area (Å²) >= 11 is 0. The number of hydrogen-bond acceptors (Lipinski definition) is 2. The fourth-order valence-electron chi connectivity index (χ4n) is 3.12. The minimum atomic E-state index is 0.253. The third-order valence-electron chi connectivity index (χ3n) is 4.85. The van der Waals surface area contributed by atoms with Crippen LogP contribution in [0, 0.1) is 5.92 Å². The Morgan fingerprint density at radius 2 is 2.05 bits per heavy atom. The van der Waals surface area contributed by atoms with Crippen LogP contribution < -0.4 is 15.5 Å². The Kier molecular flexibility index (Phi) is 4.55. The van der Waals surface area contributed by atoms with Crippen molar-refractivity contribution in [3.63, 3.8) is 0 Å². The summed E-state index contributed by atoms with van der Waals surface area (Å²) in [5.41, 5.74) is 2.67. The molecule has 3 atom stereocenters. The first-order valence-electron chi connectivity index (χ1n) is 8.52. The van der Waals surface area contributed by atoms with Crippen LogP contribution in [0.3, 0.4) is 0 Å². The van der Waals surface area contributed by atoms with E-state index in [9.17, 15) is 0 Å². The van der Waals surface area contributed by atoms with E-state index in [1.807, 2.05) is 7.05 Å². The fourth-order valence-corrected chi connectivity index (χ4v) is 3.12. The zero-order valence-electron chi connectivity index (χ0n) is 14.0. The molecule has 1 heterocycles. The Labute approximate surface area is 134 Å². The Morgan fingerprint density at radius 3 is 2.68 bits per heavy atom. The summed E-state index contributed by atoms with van der Waals surface area (Å²) < 4.78 is 0. The number of anilines is 1. The van der Waals surface area contributed by atoms with Gasteiger partial charge < -0.3 is 15.5 Å². The van der Waals surface area contributed by atoms with E-state index in [0.717, 1.165) is 11.9 Å². The smallest absolute Gasteiger partial charge is 0.191 e. The van der Waals surface area contributed by atoms with E-state index in [0.29, 0.717) is 6.04 Å². The molecule has 0 amide bonds. The SMILES string of the molecule is CN=C(NC(C)c1cccc(N2CCCC2)c1)NC1CC1C. The number of aliphatic imine (C=N–C) groups is 1. The van der Waals surface area contributed by atoms with Gasteiger partial charge in [0, 0.05) is 31.9 Å². The molecule has 3 unspecified atom stereocenters. The topological polar surface area (TPSA) is 39.7 Å². The molecule has 2 N–H and O–H groups in total. The van der Waals surface area contributed by atoms with Crippen LogP contribution in [0.25, 0.3) is 0 Å². The van der Waals surface area contributed by atoms with Crippen molar-refractivity contribution in [2.24, 2.45) is 10.9 Å². The summed E-state index contributed by atoms with van der Waals surface area (Å²) in [7, 11) is 1.84. The van der Waals surface area contributed by atoms with Crippen molar-refractivity contribution >= 4 is 11.6 Å². The Morgan fingerprint density at radius 1 is 1.32 bits per heavy atom. The highest BCUT2D eigenvalue weighted by Gasteiger charge is 2.33. The van der Waals surface area contributed by atoms with Crippen LogP contribution in [0.15, 0.2) is 29.3 Å². The monoisotopic (exact) mass is 300 g/mol. The molecular formula is C18H28N4. The molecule has 4 nitrogen and oxygen atoms in total. The van der Waals surface area contributed by atoms with Gasteiger partial charge in [0.15, 0.2) is 5.96 Å². The zero-order chi connectivity index (χ0) is 15.5. The van der Waals surface area contributed by atoms with Gasteiger partial charge in [-0.2, -0.15) is 0 Å². The summed E-state index contributed by atoms with van der Waals surface area (Å²) in [6.45, 7) is 6.85. The van der Waals surface area contributed by atoms with Crippen molar-refractivity contribution in [2.75, 3.05) is 25.0 Å². The Balaban J connectivity index is 1.63. The molecule has 1 aromatic carbocycles. The maximum absolute atomic E-state index is 4.35. The molecule has 0 radical (unpaired) electrons. The lowest BCUT2D eigenvalue weighted by molar-refractivity contribution is 0.676. The van der Waals surface area contributed by atoms with Gasteiger partial charge in [0.1, 0.15) is 0 Å². The molecule has 3 rings (SSSR count). The lowest BCUT2D eigenvalue weighted by atomic mass is 10.1. The van der Waals surface area contributed by atoms with E-state index in [1.165, 1.54) is 43.6 Å².